The van der Waals surface area contributed by atoms with Crippen LogP contribution >= 0.6 is 0 Å². The zero-order valence-electron chi connectivity index (χ0n) is 15.0. The minimum absolute atomic E-state index is 0.795. The predicted molar refractivity (Wildman–Crippen MR) is 96.7 cm³/mol. The van der Waals surface area contributed by atoms with Crippen molar-refractivity contribution >= 4 is 0 Å². The number of hydrogen-bond acceptors (Lipinski definition) is 4. The fraction of sp³-hybridized carbons (Fsp3) is 0.526. The summed E-state index contributed by atoms with van der Waals surface area (Å²) in [6, 6.07) is 7.98. The van der Waals surface area contributed by atoms with Crippen LogP contribution in [0.25, 0.3) is 5.69 Å². The van der Waals surface area contributed by atoms with Crippen LogP contribution < -0.4 is 4.74 Å². The van der Waals surface area contributed by atoms with E-state index in [1.807, 2.05) is 35.1 Å². The number of rotatable bonds is 7. The summed E-state index contributed by atoms with van der Waals surface area (Å²) in [5.74, 6) is 1.65. The number of benzene rings is 1. The molecule has 0 bridgehead atoms. The maximum Gasteiger partial charge on any atom is 0.121 e. The molecule has 1 unspecified atom stereocenters. The van der Waals surface area contributed by atoms with Crippen LogP contribution in [-0.2, 0) is 6.54 Å². The Hall–Kier alpha value is -1.85. The Balaban J connectivity index is 1.57. The van der Waals surface area contributed by atoms with Crippen molar-refractivity contribution in [3.8, 4) is 11.4 Å². The molecule has 2 aromatic rings. The van der Waals surface area contributed by atoms with Crippen LogP contribution in [0.3, 0.4) is 0 Å². The van der Waals surface area contributed by atoms with Crippen molar-refractivity contribution in [2.75, 3.05) is 40.3 Å². The molecule has 2 heterocycles. The van der Waals surface area contributed by atoms with Gasteiger partial charge in [-0.15, -0.1) is 0 Å². The van der Waals surface area contributed by atoms with E-state index >= 15 is 0 Å². The van der Waals surface area contributed by atoms with Gasteiger partial charge in [0.25, 0.3) is 0 Å². The van der Waals surface area contributed by atoms with Crippen molar-refractivity contribution in [2.24, 2.45) is 5.92 Å². The maximum absolute atomic E-state index is 5.29. The number of ether oxygens (including phenoxy) is 1. The summed E-state index contributed by atoms with van der Waals surface area (Å²) in [5.41, 5.74) is 2.27. The van der Waals surface area contributed by atoms with Gasteiger partial charge in [0.15, 0.2) is 0 Å². The normalized spacial score (nSPS) is 18.4. The second-order valence-corrected chi connectivity index (χ2v) is 6.74. The Morgan fingerprint density at radius 2 is 2.25 bits per heavy atom. The van der Waals surface area contributed by atoms with Crippen molar-refractivity contribution in [3.05, 3.63) is 42.2 Å². The van der Waals surface area contributed by atoms with Gasteiger partial charge in [-0.3, -0.25) is 0 Å². The van der Waals surface area contributed by atoms with Gasteiger partial charge in [-0.25, -0.2) is 4.68 Å². The standard InChI is InChI=1S/C19H28N4O/c1-4-22-9-8-16(14-22)12-21(2)13-17-11-20-23(15-17)18-6-5-7-19(10-18)24-3/h5-7,10-11,15-16H,4,8-9,12-14H2,1-3H3. The van der Waals surface area contributed by atoms with Gasteiger partial charge in [0.1, 0.15) is 5.75 Å². The van der Waals surface area contributed by atoms with Gasteiger partial charge in [-0.2, -0.15) is 5.10 Å². The van der Waals surface area contributed by atoms with E-state index in [2.05, 4.69) is 35.1 Å². The van der Waals surface area contributed by atoms with Gasteiger partial charge >= 0.3 is 0 Å². The predicted octanol–water partition coefficient (Wildman–Crippen LogP) is 2.65. The summed E-state index contributed by atoms with van der Waals surface area (Å²) in [7, 11) is 3.89. The van der Waals surface area contributed by atoms with Gasteiger partial charge < -0.3 is 14.5 Å². The first-order valence-electron chi connectivity index (χ1n) is 8.76. The van der Waals surface area contributed by atoms with Crippen LogP contribution in [0.5, 0.6) is 5.75 Å². The Bertz CT molecular complexity index is 654. The van der Waals surface area contributed by atoms with E-state index in [1.54, 1.807) is 7.11 Å². The quantitative estimate of drug-likeness (QED) is 0.782. The first-order valence-corrected chi connectivity index (χ1v) is 8.76. The molecule has 1 atom stereocenters. The Morgan fingerprint density at radius 1 is 1.38 bits per heavy atom. The minimum atomic E-state index is 0.795. The molecular formula is C19H28N4O. The fourth-order valence-electron chi connectivity index (χ4n) is 3.50. The molecule has 130 valence electrons. The molecule has 3 rings (SSSR count). The van der Waals surface area contributed by atoms with Crippen molar-refractivity contribution in [1.29, 1.82) is 0 Å². The topological polar surface area (TPSA) is 33.5 Å². The molecule has 0 N–H and O–H groups in total. The molecular weight excluding hydrogens is 300 g/mol. The van der Waals surface area contributed by atoms with Gasteiger partial charge in [-0.1, -0.05) is 13.0 Å². The molecule has 1 aromatic heterocycles. The summed E-state index contributed by atoms with van der Waals surface area (Å²) in [6.07, 6.45) is 5.39. The summed E-state index contributed by atoms with van der Waals surface area (Å²) in [6.45, 7) is 8.01. The van der Waals surface area contributed by atoms with Gasteiger partial charge in [0, 0.05) is 37.5 Å². The van der Waals surface area contributed by atoms with Gasteiger partial charge in [-0.05, 0) is 44.6 Å². The SMILES string of the molecule is CCN1CCC(CN(C)Cc2cnn(-c3cccc(OC)c3)c2)C1. The average molecular weight is 328 g/mol. The molecule has 0 saturated carbocycles. The summed E-state index contributed by atoms with van der Waals surface area (Å²) in [4.78, 5) is 4.95. The molecule has 1 aromatic carbocycles. The van der Waals surface area contributed by atoms with E-state index in [4.69, 9.17) is 4.74 Å². The van der Waals surface area contributed by atoms with Crippen molar-refractivity contribution in [1.82, 2.24) is 19.6 Å². The summed E-state index contributed by atoms with van der Waals surface area (Å²) in [5, 5.41) is 4.50. The number of aromatic nitrogens is 2. The third kappa shape index (κ3) is 4.16. The van der Waals surface area contributed by atoms with Gasteiger partial charge in [0.05, 0.1) is 19.0 Å². The maximum atomic E-state index is 5.29. The Kier molecular flexibility index (Phi) is 5.53. The zero-order chi connectivity index (χ0) is 16.9. The Labute approximate surface area is 144 Å². The minimum Gasteiger partial charge on any atom is -0.497 e. The molecule has 1 fully saturated rings. The van der Waals surface area contributed by atoms with Crippen LogP contribution in [0.1, 0.15) is 18.9 Å². The van der Waals surface area contributed by atoms with E-state index < -0.39 is 0 Å². The van der Waals surface area contributed by atoms with Gasteiger partial charge in [0.2, 0.25) is 0 Å². The lowest BCUT2D eigenvalue weighted by molar-refractivity contribution is 0.260. The zero-order valence-corrected chi connectivity index (χ0v) is 15.0. The highest BCUT2D eigenvalue weighted by Crippen LogP contribution is 2.19. The average Bonchev–Trinajstić information content (AvgIpc) is 3.24. The molecule has 1 aliphatic heterocycles. The third-order valence-electron chi connectivity index (χ3n) is 4.79. The number of nitrogens with zero attached hydrogens (tertiary/aromatic N) is 4. The van der Waals surface area contributed by atoms with Crippen LogP contribution in [0.2, 0.25) is 0 Å². The third-order valence-corrected chi connectivity index (χ3v) is 4.79. The molecule has 0 spiro atoms. The fourth-order valence-corrected chi connectivity index (χ4v) is 3.50. The highest BCUT2D eigenvalue weighted by molar-refractivity contribution is 5.38. The Morgan fingerprint density at radius 3 is 3.00 bits per heavy atom. The molecule has 0 aliphatic carbocycles. The molecule has 5 nitrogen and oxygen atoms in total. The van der Waals surface area contributed by atoms with Crippen molar-refractivity contribution in [2.45, 2.75) is 19.9 Å². The smallest absolute Gasteiger partial charge is 0.121 e. The molecule has 5 heteroatoms. The van der Waals surface area contributed by atoms with Crippen LogP contribution in [0.15, 0.2) is 36.7 Å². The number of likely N-dealkylation sites (tertiary alicyclic amines) is 1. The van der Waals surface area contributed by atoms with Crippen molar-refractivity contribution in [3.63, 3.8) is 0 Å². The lowest BCUT2D eigenvalue weighted by Crippen LogP contribution is -2.27. The first-order chi connectivity index (χ1) is 11.7. The van der Waals surface area contributed by atoms with Crippen LogP contribution in [0, 0.1) is 5.92 Å². The van der Waals surface area contributed by atoms with E-state index in [0.29, 0.717) is 0 Å². The number of hydrogen-bond donors (Lipinski definition) is 0. The lowest BCUT2D eigenvalue weighted by Gasteiger charge is -2.20. The van der Waals surface area contributed by atoms with Crippen molar-refractivity contribution < 1.29 is 4.74 Å². The monoisotopic (exact) mass is 328 g/mol. The highest BCUT2D eigenvalue weighted by Gasteiger charge is 2.22. The van der Waals surface area contributed by atoms with E-state index in [0.717, 1.165) is 30.4 Å². The van der Waals surface area contributed by atoms with E-state index in [-0.39, 0.29) is 0 Å². The second kappa shape index (κ2) is 7.81. The molecule has 24 heavy (non-hydrogen) atoms. The van der Waals surface area contributed by atoms with Crippen LogP contribution in [-0.4, -0.2) is 59.9 Å². The van der Waals surface area contributed by atoms with E-state index in [1.165, 1.54) is 31.6 Å². The molecule has 0 amide bonds. The lowest BCUT2D eigenvalue weighted by atomic mass is 10.1. The number of methoxy groups -OCH3 is 1. The summed E-state index contributed by atoms with van der Waals surface area (Å²) < 4.78 is 7.20. The summed E-state index contributed by atoms with van der Waals surface area (Å²) >= 11 is 0. The van der Waals surface area contributed by atoms with E-state index in [9.17, 15) is 0 Å². The first kappa shape index (κ1) is 17.0. The van der Waals surface area contributed by atoms with Crippen LogP contribution in [0.4, 0.5) is 0 Å². The molecule has 1 aliphatic rings. The molecule has 1 saturated heterocycles. The molecule has 0 radical (unpaired) electrons. The second-order valence-electron chi connectivity index (χ2n) is 6.74. The highest BCUT2D eigenvalue weighted by atomic mass is 16.5. The largest absolute Gasteiger partial charge is 0.497 e.